The Morgan fingerprint density at radius 1 is 0.947 bits per heavy atom. The van der Waals surface area contributed by atoms with E-state index in [4.69, 9.17) is 0 Å². The van der Waals surface area contributed by atoms with Crippen LogP contribution in [0.25, 0.3) is 11.0 Å². The lowest BCUT2D eigenvalue weighted by molar-refractivity contribution is 0.890. The second kappa shape index (κ2) is 6.39. The van der Waals surface area contributed by atoms with Gasteiger partial charge in [0.05, 0.1) is 11.0 Å². The smallest absolute Gasteiger partial charge is 0.107 e. The summed E-state index contributed by atoms with van der Waals surface area (Å²) >= 11 is 2.33. The molecule has 0 saturated heterocycles. The minimum atomic E-state index is 0. The molecule has 19 heavy (non-hydrogen) atoms. The number of para-hydroxylation sites is 2. The highest BCUT2D eigenvalue weighted by atomic mass is 127. The Kier molecular flexibility index (Phi) is 4.82. The summed E-state index contributed by atoms with van der Waals surface area (Å²) in [6.45, 7) is 0. The van der Waals surface area contributed by atoms with Crippen molar-refractivity contribution in [3.8, 4) is 0 Å². The molecule has 98 valence electrons. The summed E-state index contributed by atoms with van der Waals surface area (Å²) in [6, 6.07) is 16.8. The van der Waals surface area contributed by atoms with Crippen LogP contribution in [-0.2, 0) is 12.8 Å². The monoisotopic (exact) mass is 384 g/mol. The lowest BCUT2D eigenvalue weighted by Crippen LogP contribution is -1.93. The molecule has 0 saturated carbocycles. The van der Waals surface area contributed by atoms with E-state index in [0.717, 1.165) is 29.7 Å². The molecule has 0 bridgehead atoms. The van der Waals surface area contributed by atoms with Crippen molar-refractivity contribution in [3.63, 3.8) is 0 Å². The third-order valence-electron chi connectivity index (χ3n) is 3.00. The van der Waals surface area contributed by atoms with E-state index in [9.17, 15) is 0 Å². The first-order chi connectivity index (χ1) is 8.81. The topological polar surface area (TPSA) is 28.7 Å². The number of nitrogens with zero attached hydrogens (tertiary/aromatic N) is 1. The van der Waals surface area contributed by atoms with Gasteiger partial charge in [-0.15, -0.1) is 12.4 Å². The molecule has 4 heteroatoms. The Balaban J connectivity index is 0.00000133. The molecule has 3 rings (SSSR count). The Morgan fingerprint density at radius 3 is 2.42 bits per heavy atom. The second-order valence-corrected chi connectivity index (χ2v) is 5.57. The highest BCUT2D eigenvalue weighted by Gasteiger charge is 2.02. The zero-order valence-electron chi connectivity index (χ0n) is 10.3. The first-order valence-electron chi connectivity index (χ1n) is 5.99. The minimum absolute atomic E-state index is 0. The van der Waals surface area contributed by atoms with Crippen LogP contribution in [0.4, 0.5) is 0 Å². The van der Waals surface area contributed by atoms with Crippen LogP contribution in [0, 0.1) is 3.57 Å². The zero-order valence-corrected chi connectivity index (χ0v) is 13.2. The normalized spacial score (nSPS) is 10.4. The molecule has 2 aromatic carbocycles. The zero-order chi connectivity index (χ0) is 12.4. The van der Waals surface area contributed by atoms with Crippen molar-refractivity contribution in [1.29, 1.82) is 0 Å². The molecular weight excluding hydrogens is 371 g/mol. The van der Waals surface area contributed by atoms with Crippen molar-refractivity contribution in [3.05, 3.63) is 63.5 Å². The average molecular weight is 385 g/mol. The number of fused-ring (bicyclic) bond motifs is 1. The average Bonchev–Trinajstić information content (AvgIpc) is 2.81. The summed E-state index contributed by atoms with van der Waals surface area (Å²) in [4.78, 5) is 7.95. The molecule has 1 heterocycles. The molecule has 0 radical (unpaired) electrons. The highest BCUT2D eigenvalue weighted by Crippen LogP contribution is 2.13. The van der Waals surface area contributed by atoms with Crippen molar-refractivity contribution in [2.45, 2.75) is 12.8 Å². The molecule has 0 atom stereocenters. The number of aromatic nitrogens is 2. The SMILES string of the molecule is Cl.Ic1ccc(CCc2nc3ccccc3[nH]2)cc1. The Labute approximate surface area is 132 Å². The summed E-state index contributed by atoms with van der Waals surface area (Å²) in [5, 5.41) is 0. The van der Waals surface area contributed by atoms with E-state index < -0.39 is 0 Å². The summed E-state index contributed by atoms with van der Waals surface area (Å²) in [5.41, 5.74) is 3.53. The van der Waals surface area contributed by atoms with Crippen LogP contribution in [0.5, 0.6) is 0 Å². The first kappa shape index (κ1) is 14.3. The van der Waals surface area contributed by atoms with E-state index in [2.05, 4.69) is 62.9 Å². The van der Waals surface area contributed by atoms with Crippen LogP contribution in [-0.4, -0.2) is 9.97 Å². The molecule has 1 N–H and O–H groups in total. The van der Waals surface area contributed by atoms with Gasteiger partial charge in [0.1, 0.15) is 5.82 Å². The molecule has 3 aromatic rings. The van der Waals surface area contributed by atoms with E-state index in [1.807, 2.05) is 18.2 Å². The summed E-state index contributed by atoms with van der Waals surface area (Å²) in [6.07, 6.45) is 1.98. The summed E-state index contributed by atoms with van der Waals surface area (Å²) in [5.74, 6) is 1.06. The van der Waals surface area contributed by atoms with E-state index >= 15 is 0 Å². The first-order valence-corrected chi connectivity index (χ1v) is 7.07. The van der Waals surface area contributed by atoms with Gasteiger partial charge in [0.2, 0.25) is 0 Å². The van der Waals surface area contributed by atoms with Crippen LogP contribution in [0.15, 0.2) is 48.5 Å². The summed E-state index contributed by atoms with van der Waals surface area (Å²) < 4.78 is 1.28. The van der Waals surface area contributed by atoms with Gasteiger partial charge < -0.3 is 4.98 Å². The molecule has 0 spiro atoms. The molecular formula is C15H14ClIN2. The number of halogens is 2. The van der Waals surface area contributed by atoms with Crippen LogP contribution in [0.1, 0.15) is 11.4 Å². The molecule has 0 unspecified atom stereocenters. The van der Waals surface area contributed by atoms with Gasteiger partial charge >= 0.3 is 0 Å². The number of hydrogen-bond acceptors (Lipinski definition) is 1. The van der Waals surface area contributed by atoms with Crippen LogP contribution < -0.4 is 0 Å². The standard InChI is InChI=1S/C15H13IN2.ClH/c16-12-8-5-11(6-9-12)7-10-15-17-13-3-1-2-4-14(13)18-15;/h1-6,8-9H,7,10H2,(H,17,18);1H. The number of benzene rings is 2. The maximum atomic E-state index is 4.59. The van der Waals surface area contributed by atoms with E-state index in [1.165, 1.54) is 9.13 Å². The molecule has 0 aliphatic carbocycles. The molecule has 0 amide bonds. The van der Waals surface area contributed by atoms with Gasteiger partial charge in [-0.05, 0) is 58.8 Å². The number of rotatable bonds is 3. The van der Waals surface area contributed by atoms with Crippen molar-refractivity contribution in [2.24, 2.45) is 0 Å². The lowest BCUT2D eigenvalue weighted by atomic mass is 10.1. The predicted molar refractivity (Wildman–Crippen MR) is 89.9 cm³/mol. The maximum Gasteiger partial charge on any atom is 0.107 e. The Bertz CT molecular complexity index is 628. The summed E-state index contributed by atoms with van der Waals surface area (Å²) in [7, 11) is 0. The fourth-order valence-corrected chi connectivity index (χ4v) is 2.40. The van der Waals surface area contributed by atoms with Crippen LogP contribution in [0.2, 0.25) is 0 Å². The molecule has 0 aliphatic rings. The highest BCUT2D eigenvalue weighted by molar-refractivity contribution is 14.1. The van der Waals surface area contributed by atoms with Gasteiger partial charge in [-0.2, -0.15) is 0 Å². The molecule has 1 aromatic heterocycles. The van der Waals surface area contributed by atoms with Crippen molar-refractivity contribution >= 4 is 46.0 Å². The number of imidazole rings is 1. The predicted octanol–water partition coefficient (Wildman–Crippen LogP) is 4.37. The third kappa shape index (κ3) is 3.48. The van der Waals surface area contributed by atoms with Gasteiger partial charge in [-0.25, -0.2) is 4.98 Å². The molecule has 2 nitrogen and oxygen atoms in total. The van der Waals surface area contributed by atoms with E-state index in [1.54, 1.807) is 0 Å². The van der Waals surface area contributed by atoms with E-state index in [-0.39, 0.29) is 12.4 Å². The fraction of sp³-hybridized carbons (Fsp3) is 0.133. The third-order valence-corrected chi connectivity index (χ3v) is 3.72. The van der Waals surface area contributed by atoms with Crippen molar-refractivity contribution in [1.82, 2.24) is 9.97 Å². The van der Waals surface area contributed by atoms with Crippen molar-refractivity contribution in [2.75, 3.05) is 0 Å². The van der Waals surface area contributed by atoms with Gasteiger partial charge in [-0.1, -0.05) is 24.3 Å². The number of nitrogens with one attached hydrogen (secondary N) is 1. The molecule has 0 aliphatic heterocycles. The number of aryl methyl sites for hydroxylation is 2. The van der Waals surface area contributed by atoms with Gasteiger partial charge in [0.15, 0.2) is 0 Å². The Morgan fingerprint density at radius 2 is 1.68 bits per heavy atom. The van der Waals surface area contributed by atoms with E-state index in [0.29, 0.717) is 0 Å². The number of aromatic amines is 1. The maximum absolute atomic E-state index is 4.59. The number of hydrogen-bond donors (Lipinski definition) is 1. The Hall–Kier alpha value is -1.07. The number of H-pyrrole nitrogens is 1. The molecule has 0 fully saturated rings. The quantitative estimate of drug-likeness (QED) is 0.667. The van der Waals surface area contributed by atoms with Gasteiger partial charge in [0, 0.05) is 9.99 Å². The largest absolute Gasteiger partial charge is 0.342 e. The fourth-order valence-electron chi connectivity index (χ4n) is 2.04. The van der Waals surface area contributed by atoms with Gasteiger partial charge in [-0.3, -0.25) is 0 Å². The second-order valence-electron chi connectivity index (χ2n) is 4.33. The lowest BCUT2D eigenvalue weighted by Gasteiger charge is -1.99. The van der Waals surface area contributed by atoms with Crippen LogP contribution >= 0.6 is 35.0 Å². The van der Waals surface area contributed by atoms with Crippen LogP contribution in [0.3, 0.4) is 0 Å². The minimum Gasteiger partial charge on any atom is -0.342 e. The van der Waals surface area contributed by atoms with Gasteiger partial charge in [0.25, 0.3) is 0 Å². The van der Waals surface area contributed by atoms with Crippen molar-refractivity contribution < 1.29 is 0 Å².